The summed E-state index contributed by atoms with van der Waals surface area (Å²) >= 11 is 0. The van der Waals surface area contributed by atoms with Gasteiger partial charge >= 0.3 is 0 Å². The van der Waals surface area contributed by atoms with Crippen molar-refractivity contribution in [3.8, 4) is 0 Å². The van der Waals surface area contributed by atoms with Crippen molar-refractivity contribution in [3.05, 3.63) is 35.4 Å². The van der Waals surface area contributed by atoms with Crippen LogP contribution in [0.5, 0.6) is 0 Å². The molecular weight excluding hydrogens is 214 g/mol. The molecule has 2 aliphatic rings. The maximum absolute atomic E-state index is 11.9. The average molecular weight is 231 g/mol. The Balaban J connectivity index is 1.54. The van der Waals surface area contributed by atoms with Gasteiger partial charge in [0.25, 0.3) is 0 Å². The van der Waals surface area contributed by atoms with Crippen molar-refractivity contribution in [3.63, 3.8) is 0 Å². The summed E-state index contributed by atoms with van der Waals surface area (Å²) in [4.78, 5) is 11.9. The first-order chi connectivity index (χ1) is 8.25. The molecular formula is C14H17NO2. The second-order valence-electron chi connectivity index (χ2n) is 5.11. The van der Waals surface area contributed by atoms with Gasteiger partial charge in [0.15, 0.2) is 0 Å². The topological polar surface area (TPSA) is 49.3 Å². The van der Waals surface area contributed by atoms with Crippen LogP contribution in [0.2, 0.25) is 0 Å². The number of carbonyl (C=O) groups is 1. The molecule has 2 atom stereocenters. The van der Waals surface area contributed by atoms with Crippen molar-refractivity contribution < 1.29 is 9.90 Å². The highest BCUT2D eigenvalue weighted by molar-refractivity contribution is 5.86. The van der Waals surface area contributed by atoms with Gasteiger partial charge in [-0.1, -0.05) is 24.3 Å². The van der Waals surface area contributed by atoms with Crippen LogP contribution < -0.4 is 5.32 Å². The van der Waals surface area contributed by atoms with E-state index in [0.29, 0.717) is 12.5 Å². The molecule has 1 aromatic rings. The van der Waals surface area contributed by atoms with Crippen LogP contribution in [0.1, 0.15) is 29.9 Å². The summed E-state index contributed by atoms with van der Waals surface area (Å²) in [6.07, 6.45) is 2.68. The van der Waals surface area contributed by atoms with Crippen LogP contribution in [0, 0.1) is 5.92 Å². The summed E-state index contributed by atoms with van der Waals surface area (Å²) < 4.78 is 0. The predicted octanol–water partition coefficient (Wildman–Crippen LogP) is 1.21. The van der Waals surface area contributed by atoms with E-state index in [9.17, 15) is 9.90 Å². The van der Waals surface area contributed by atoms with Gasteiger partial charge in [0.1, 0.15) is 0 Å². The SMILES string of the molecule is O=C(NCC(O)C1CC1)C1Cc2ccccc21. The van der Waals surface area contributed by atoms with Gasteiger partial charge in [0.05, 0.1) is 12.0 Å². The Morgan fingerprint density at radius 2 is 2.18 bits per heavy atom. The number of hydrogen-bond acceptors (Lipinski definition) is 2. The van der Waals surface area contributed by atoms with Crippen molar-refractivity contribution >= 4 is 5.91 Å². The summed E-state index contributed by atoms with van der Waals surface area (Å²) in [7, 11) is 0. The van der Waals surface area contributed by atoms with Crippen molar-refractivity contribution in [1.82, 2.24) is 5.32 Å². The molecule has 1 aromatic carbocycles. The van der Waals surface area contributed by atoms with Gasteiger partial charge in [-0.3, -0.25) is 4.79 Å². The molecule has 90 valence electrons. The molecule has 3 nitrogen and oxygen atoms in total. The van der Waals surface area contributed by atoms with Crippen molar-refractivity contribution in [2.45, 2.75) is 31.3 Å². The first-order valence-corrected chi connectivity index (χ1v) is 6.29. The molecule has 0 aromatic heterocycles. The largest absolute Gasteiger partial charge is 0.391 e. The second-order valence-corrected chi connectivity index (χ2v) is 5.11. The van der Waals surface area contributed by atoms with E-state index < -0.39 is 0 Å². The number of benzene rings is 1. The molecule has 0 radical (unpaired) electrons. The third-order valence-corrected chi connectivity index (χ3v) is 3.82. The highest BCUT2D eigenvalue weighted by Crippen LogP contribution is 2.35. The Labute approximate surface area is 101 Å². The number of hydrogen-bond donors (Lipinski definition) is 2. The highest BCUT2D eigenvalue weighted by atomic mass is 16.3. The predicted molar refractivity (Wildman–Crippen MR) is 64.6 cm³/mol. The first-order valence-electron chi connectivity index (χ1n) is 6.29. The van der Waals surface area contributed by atoms with Gasteiger partial charge in [-0.05, 0) is 36.3 Å². The Kier molecular flexibility index (Phi) is 2.63. The fourth-order valence-corrected chi connectivity index (χ4v) is 2.47. The van der Waals surface area contributed by atoms with Gasteiger partial charge in [0, 0.05) is 6.54 Å². The number of amides is 1. The molecule has 3 heteroatoms. The number of aliphatic hydroxyl groups is 1. The van der Waals surface area contributed by atoms with Crippen molar-refractivity contribution in [2.75, 3.05) is 6.54 Å². The molecule has 0 aliphatic heterocycles. The van der Waals surface area contributed by atoms with E-state index in [4.69, 9.17) is 0 Å². The molecule has 17 heavy (non-hydrogen) atoms. The van der Waals surface area contributed by atoms with Crippen molar-refractivity contribution in [2.24, 2.45) is 5.92 Å². The highest BCUT2D eigenvalue weighted by Gasteiger charge is 2.33. The molecule has 0 saturated heterocycles. The van der Waals surface area contributed by atoms with E-state index in [2.05, 4.69) is 11.4 Å². The van der Waals surface area contributed by atoms with Gasteiger partial charge in [-0.25, -0.2) is 0 Å². The molecule has 0 spiro atoms. The fourth-order valence-electron chi connectivity index (χ4n) is 2.47. The van der Waals surface area contributed by atoms with Gasteiger partial charge in [-0.2, -0.15) is 0 Å². The molecule has 1 fully saturated rings. The summed E-state index contributed by atoms with van der Waals surface area (Å²) in [6, 6.07) is 8.06. The normalized spacial score (nSPS) is 23.5. The Morgan fingerprint density at radius 1 is 1.41 bits per heavy atom. The van der Waals surface area contributed by atoms with Crippen LogP contribution in [0.3, 0.4) is 0 Å². The van der Waals surface area contributed by atoms with E-state index in [1.54, 1.807) is 0 Å². The van der Waals surface area contributed by atoms with Crippen LogP contribution in [0.15, 0.2) is 24.3 Å². The van der Waals surface area contributed by atoms with Gasteiger partial charge < -0.3 is 10.4 Å². The zero-order chi connectivity index (χ0) is 11.8. The Morgan fingerprint density at radius 3 is 2.88 bits per heavy atom. The molecule has 1 saturated carbocycles. The lowest BCUT2D eigenvalue weighted by Gasteiger charge is -2.29. The van der Waals surface area contributed by atoms with E-state index in [0.717, 1.165) is 24.8 Å². The third kappa shape index (κ3) is 2.07. The number of rotatable bonds is 4. The maximum atomic E-state index is 11.9. The van der Waals surface area contributed by atoms with Gasteiger partial charge in [0.2, 0.25) is 5.91 Å². The van der Waals surface area contributed by atoms with Crippen LogP contribution in [-0.4, -0.2) is 23.7 Å². The molecule has 1 amide bonds. The van der Waals surface area contributed by atoms with E-state index >= 15 is 0 Å². The van der Waals surface area contributed by atoms with Crippen molar-refractivity contribution in [1.29, 1.82) is 0 Å². The standard InChI is InChI=1S/C14H17NO2/c16-13(9-5-6-9)8-15-14(17)12-7-10-3-1-2-4-11(10)12/h1-4,9,12-13,16H,5-8H2,(H,15,17). The monoisotopic (exact) mass is 231 g/mol. The zero-order valence-corrected chi connectivity index (χ0v) is 9.73. The molecule has 0 heterocycles. The van der Waals surface area contributed by atoms with Crippen LogP contribution in [0.4, 0.5) is 0 Å². The number of nitrogens with one attached hydrogen (secondary N) is 1. The molecule has 3 rings (SSSR count). The average Bonchev–Trinajstić information content (AvgIpc) is 3.11. The van der Waals surface area contributed by atoms with Crippen LogP contribution in [-0.2, 0) is 11.2 Å². The lowest BCUT2D eigenvalue weighted by Crippen LogP contribution is -2.39. The number of aliphatic hydroxyl groups excluding tert-OH is 1. The smallest absolute Gasteiger partial charge is 0.227 e. The maximum Gasteiger partial charge on any atom is 0.227 e. The summed E-state index contributed by atoms with van der Waals surface area (Å²) in [6.45, 7) is 0.405. The minimum atomic E-state index is -0.353. The molecule has 2 unspecified atom stereocenters. The van der Waals surface area contributed by atoms with Crippen LogP contribution in [0.25, 0.3) is 0 Å². The van der Waals surface area contributed by atoms with Crippen LogP contribution >= 0.6 is 0 Å². The quantitative estimate of drug-likeness (QED) is 0.818. The third-order valence-electron chi connectivity index (χ3n) is 3.82. The number of fused-ring (bicyclic) bond motifs is 1. The second kappa shape index (κ2) is 4.15. The van der Waals surface area contributed by atoms with E-state index in [1.807, 2.05) is 18.2 Å². The Hall–Kier alpha value is -1.35. The molecule has 0 bridgehead atoms. The van der Waals surface area contributed by atoms with Gasteiger partial charge in [-0.15, -0.1) is 0 Å². The summed E-state index contributed by atoms with van der Waals surface area (Å²) in [5.74, 6) is 0.477. The van der Waals surface area contributed by atoms with E-state index in [1.165, 1.54) is 5.56 Å². The zero-order valence-electron chi connectivity index (χ0n) is 9.73. The first kappa shape index (κ1) is 10.8. The van der Waals surface area contributed by atoms with E-state index in [-0.39, 0.29) is 17.9 Å². The minimum absolute atomic E-state index is 0.00222. The molecule has 2 aliphatic carbocycles. The minimum Gasteiger partial charge on any atom is -0.391 e. The Bertz CT molecular complexity index is 440. The summed E-state index contributed by atoms with van der Waals surface area (Å²) in [5, 5.41) is 12.5. The number of carbonyl (C=O) groups excluding carboxylic acids is 1. The fraction of sp³-hybridized carbons (Fsp3) is 0.500. The molecule has 2 N–H and O–H groups in total. The lowest BCUT2D eigenvalue weighted by atomic mass is 9.77. The lowest BCUT2D eigenvalue weighted by molar-refractivity contribution is -0.123. The summed E-state index contributed by atoms with van der Waals surface area (Å²) in [5.41, 5.74) is 2.42.